The average molecular weight is 248 g/mol. The molecular weight excluding hydrogens is 228 g/mol. The first-order valence-corrected chi connectivity index (χ1v) is 5.32. The van der Waals surface area contributed by atoms with Crippen LogP contribution < -0.4 is 5.32 Å². The fourth-order valence-corrected chi connectivity index (χ4v) is 1.65. The van der Waals surface area contributed by atoms with Gasteiger partial charge in [-0.05, 0) is 34.1 Å². The van der Waals surface area contributed by atoms with Gasteiger partial charge in [-0.2, -0.15) is 0 Å². The van der Waals surface area contributed by atoms with Crippen molar-refractivity contribution in [3.63, 3.8) is 0 Å². The second-order valence-electron chi connectivity index (χ2n) is 5.28. The van der Waals surface area contributed by atoms with Crippen molar-refractivity contribution >= 4 is 5.97 Å². The van der Waals surface area contributed by atoms with Gasteiger partial charge in [0.05, 0.1) is 0 Å². The molecule has 0 radical (unpaired) electrons. The van der Waals surface area contributed by atoms with E-state index in [1.54, 1.807) is 13.8 Å². The molecule has 0 aromatic heterocycles. The highest BCUT2D eigenvalue weighted by atomic mass is 16.9. The van der Waals surface area contributed by atoms with Crippen molar-refractivity contribution in [1.82, 2.24) is 5.32 Å². The Hall–Kier alpha value is -1.37. The zero-order valence-corrected chi connectivity index (χ0v) is 10.6. The molecule has 0 heterocycles. The first-order valence-electron chi connectivity index (χ1n) is 5.32. The minimum Gasteiger partial charge on any atom is -0.481 e. The number of nitrogens with zero attached hydrogens (tertiary/aromatic N) is 1. The minimum atomic E-state index is -0.862. The summed E-state index contributed by atoms with van der Waals surface area (Å²) in [5.74, 6) is -0.862. The monoisotopic (exact) mass is 248 g/mol. The van der Waals surface area contributed by atoms with Crippen LogP contribution in [0.2, 0.25) is 0 Å². The van der Waals surface area contributed by atoms with Crippen molar-refractivity contribution in [2.45, 2.75) is 51.6 Å². The summed E-state index contributed by atoms with van der Waals surface area (Å²) in [7, 11) is 0. The van der Waals surface area contributed by atoms with Crippen LogP contribution in [0.1, 0.15) is 40.5 Å². The molecule has 0 fully saturated rings. The Balaban J connectivity index is 4.26. The Morgan fingerprint density at radius 1 is 1.35 bits per heavy atom. The summed E-state index contributed by atoms with van der Waals surface area (Å²) < 4.78 is 0. The Morgan fingerprint density at radius 3 is 2.29 bits per heavy atom. The van der Waals surface area contributed by atoms with Gasteiger partial charge in [0.25, 0.3) is 5.09 Å². The Labute approximate surface area is 100 Å². The van der Waals surface area contributed by atoms with E-state index in [0.29, 0.717) is 6.42 Å². The van der Waals surface area contributed by atoms with Crippen molar-refractivity contribution in [1.29, 1.82) is 0 Å². The van der Waals surface area contributed by atoms with Crippen LogP contribution in [-0.4, -0.2) is 33.8 Å². The molecule has 100 valence electrons. The molecule has 0 aliphatic rings. The lowest BCUT2D eigenvalue weighted by Crippen LogP contribution is -2.54. The Bertz CT molecular complexity index is 260. The molecule has 0 aliphatic heterocycles. The number of carboxylic acids is 1. The second kappa shape index (κ2) is 5.81. The van der Waals surface area contributed by atoms with Crippen LogP contribution in [0.5, 0.6) is 0 Å². The normalized spacial score (nSPS) is 12.2. The molecule has 0 amide bonds. The maximum atomic E-state index is 10.5. The quantitative estimate of drug-likeness (QED) is 0.494. The molecule has 0 aromatic rings. The van der Waals surface area contributed by atoms with E-state index in [4.69, 9.17) is 5.11 Å². The van der Waals surface area contributed by atoms with E-state index >= 15 is 0 Å². The predicted octanol–water partition coefficient (Wildman–Crippen LogP) is 1.21. The standard InChI is InChI=1S/C10H20N2O5/c1-9(2,6-5-8(13)14)11-10(3,4)7-17-12(15)16/h11H,5-7H2,1-4H3,(H,13,14). The highest BCUT2D eigenvalue weighted by Crippen LogP contribution is 2.17. The van der Waals surface area contributed by atoms with E-state index in [0.717, 1.165) is 0 Å². The Kier molecular flexibility index (Phi) is 5.34. The molecule has 7 heteroatoms. The summed E-state index contributed by atoms with van der Waals surface area (Å²) in [6, 6.07) is 0. The molecule has 0 saturated heterocycles. The largest absolute Gasteiger partial charge is 0.481 e. The van der Waals surface area contributed by atoms with Crippen LogP contribution in [-0.2, 0) is 9.63 Å². The summed E-state index contributed by atoms with van der Waals surface area (Å²) >= 11 is 0. The zero-order chi connectivity index (χ0) is 13.7. The number of nitrogens with one attached hydrogen (secondary N) is 1. The molecule has 7 nitrogen and oxygen atoms in total. The maximum Gasteiger partial charge on any atom is 0.303 e. The maximum absolute atomic E-state index is 10.5. The molecule has 0 saturated carbocycles. The van der Waals surface area contributed by atoms with Crippen molar-refractivity contribution in [2.75, 3.05) is 6.61 Å². The molecule has 0 unspecified atom stereocenters. The topological polar surface area (TPSA) is 102 Å². The van der Waals surface area contributed by atoms with Crippen LogP contribution in [0.25, 0.3) is 0 Å². The first-order chi connectivity index (χ1) is 7.54. The van der Waals surface area contributed by atoms with Gasteiger partial charge in [-0.15, -0.1) is 10.1 Å². The summed E-state index contributed by atoms with van der Waals surface area (Å²) in [6.07, 6.45) is 0.483. The summed E-state index contributed by atoms with van der Waals surface area (Å²) in [4.78, 5) is 24.9. The SMILES string of the molecule is CC(C)(CCC(=O)O)NC(C)(C)CO[N+](=O)[O-]. The predicted molar refractivity (Wildman–Crippen MR) is 61.1 cm³/mol. The highest BCUT2D eigenvalue weighted by molar-refractivity contribution is 5.66. The zero-order valence-electron chi connectivity index (χ0n) is 10.6. The number of carboxylic acid groups (broad SMARTS) is 1. The summed E-state index contributed by atoms with van der Waals surface area (Å²) in [5, 5.41) is 21.0. The van der Waals surface area contributed by atoms with E-state index in [-0.39, 0.29) is 13.0 Å². The number of aliphatic carboxylic acids is 1. The molecule has 0 aromatic carbocycles. The third-order valence-electron chi connectivity index (χ3n) is 2.17. The highest BCUT2D eigenvalue weighted by Gasteiger charge is 2.28. The number of rotatable bonds is 8. The van der Waals surface area contributed by atoms with Gasteiger partial charge in [0.1, 0.15) is 6.61 Å². The molecule has 2 N–H and O–H groups in total. The van der Waals surface area contributed by atoms with Crippen molar-refractivity contribution < 1.29 is 19.8 Å². The Morgan fingerprint density at radius 2 is 1.88 bits per heavy atom. The first kappa shape index (κ1) is 15.6. The van der Waals surface area contributed by atoms with Gasteiger partial charge < -0.3 is 15.3 Å². The third-order valence-corrected chi connectivity index (χ3v) is 2.17. The van der Waals surface area contributed by atoms with Crippen molar-refractivity contribution in [2.24, 2.45) is 0 Å². The molecule has 0 aliphatic carbocycles. The number of hydrogen-bond acceptors (Lipinski definition) is 5. The molecule has 0 bridgehead atoms. The van der Waals surface area contributed by atoms with Gasteiger partial charge in [-0.3, -0.25) is 4.79 Å². The lowest BCUT2D eigenvalue weighted by atomic mass is 9.93. The number of carbonyl (C=O) groups is 1. The van der Waals surface area contributed by atoms with Crippen LogP contribution in [0, 0.1) is 10.1 Å². The molecular formula is C10H20N2O5. The van der Waals surface area contributed by atoms with Gasteiger partial charge in [0.2, 0.25) is 0 Å². The van der Waals surface area contributed by atoms with E-state index in [2.05, 4.69) is 10.2 Å². The fraction of sp³-hybridized carbons (Fsp3) is 0.900. The molecule has 0 rings (SSSR count). The van der Waals surface area contributed by atoms with Crippen LogP contribution in [0.15, 0.2) is 0 Å². The second-order valence-corrected chi connectivity index (χ2v) is 5.28. The summed E-state index contributed by atoms with van der Waals surface area (Å²) in [5.41, 5.74) is -1.03. The lowest BCUT2D eigenvalue weighted by Gasteiger charge is -2.36. The van der Waals surface area contributed by atoms with Gasteiger partial charge in [0.15, 0.2) is 0 Å². The molecule has 0 atom stereocenters. The minimum absolute atomic E-state index is 0.0478. The smallest absolute Gasteiger partial charge is 0.303 e. The van der Waals surface area contributed by atoms with Crippen molar-refractivity contribution in [3.8, 4) is 0 Å². The van der Waals surface area contributed by atoms with E-state index in [9.17, 15) is 14.9 Å². The van der Waals surface area contributed by atoms with Gasteiger partial charge >= 0.3 is 5.97 Å². The van der Waals surface area contributed by atoms with Crippen LogP contribution in [0.3, 0.4) is 0 Å². The van der Waals surface area contributed by atoms with Gasteiger partial charge in [0, 0.05) is 17.5 Å². The lowest BCUT2D eigenvalue weighted by molar-refractivity contribution is -0.759. The summed E-state index contributed by atoms with van der Waals surface area (Å²) in [6.45, 7) is 7.14. The van der Waals surface area contributed by atoms with E-state index in [1.165, 1.54) is 0 Å². The third kappa shape index (κ3) is 8.44. The van der Waals surface area contributed by atoms with Crippen molar-refractivity contribution in [3.05, 3.63) is 10.1 Å². The van der Waals surface area contributed by atoms with E-state index < -0.39 is 22.1 Å². The molecule has 0 spiro atoms. The van der Waals surface area contributed by atoms with Gasteiger partial charge in [-0.25, -0.2) is 0 Å². The molecule has 17 heavy (non-hydrogen) atoms. The number of hydrogen-bond donors (Lipinski definition) is 2. The van der Waals surface area contributed by atoms with Crippen LogP contribution in [0.4, 0.5) is 0 Å². The fourth-order valence-electron chi connectivity index (χ4n) is 1.65. The van der Waals surface area contributed by atoms with Gasteiger partial charge in [-0.1, -0.05) is 0 Å². The average Bonchev–Trinajstić information content (AvgIpc) is 2.10. The van der Waals surface area contributed by atoms with E-state index in [1.807, 2.05) is 13.8 Å². The van der Waals surface area contributed by atoms with Crippen LogP contribution >= 0.6 is 0 Å².